The van der Waals surface area contributed by atoms with E-state index in [1.54, 1.807) is 19.4 Å². The van der Waals surface area contributed by atoms with Crippen LogP contribution in [0.1, 0.15) is 0 Å². The lowest BCUT2D eigenvalue weighted by Gasteiger charge is -2.06. The normalized spacial score (nSPS) is 34.3. The van der Waals surface area contributed by atoms with E-state index in [1.165, 1.54) is 0 Å². The summed E-state index contributed by atoms with van der Waals surface area (Å²) in [5.41, 5.74) is 0. The van der Waals surface area contributed by atoms with Gasteiger partial charge in [0.05, 0.1) is 13.4 Å². The summed E-state index contributed by atoms with van der Waals surface area (Å²) in [6.45, 7) is 0. The average Bonchev–Trinajstić information content (AvgIpc) is 2.44. The molecule has 2 rings (SSSR count). The quantitative estimate of drug-likeness (QED) is 0.485. The van der Waals surface area contributed by atoms with Crippen LogP contribution in [0.2, 0.25) is 0 Å². The molecule has 0 aromatic carbocycles. The van der Waals surface area contributed by atoms with Crippen LogP contribution >= 0.6 is 0 Å². The van der Waals surface area contributed by atoms with E-state index >= 15 is 0 Å². The molecule has 4 heteroatoms. The maximum Gasteiger partial charge on any atom is 0.271 e. The minimum absolute atomic E-state index is 0.0741. The van der Waals surface area contributed by atoms with Crippen molar-refractivity contribution in [1.82, 2.24) is 0 Å². The van der Waals surface area contributed by atoms with Crippen molar-refractivity contribution >= 4 is 5.90 Å². The maximum absolute atomic E-state index is 5.12. The molecule has 0 spiro atoms. The second-order valence-electron chi connectivity index (χ2n) is 2.09. The lowest BCUT2D eigenvalue weighted by molar-refractivity contribution is 0.0665. The van der Waals surface area contributed by atoms with Crippen molar-refractivity contribution in [3.8, 4) is 0 Å². The Morgan fingerprint density at radius 2 is 2.60 bits per heavy atom. The van der Waals surface area contributed by atoms with Crippen molar-refractivity contribution in [3.05, 3.63) is 12.3 Å². The molecule has 0 saturated heterocycles. The molecule has 0 aliphatic carbocycles. The highest BCUT2D eigenvalue weighted by atomic mass is 16.7. The summed E-state index contributed by atoms with van der Waals surface area (Å²) in [4.78, 5) is 4.93. The van der Waals surface area contributed by atoms with Crippen LogP contribution in [0.25, 0.3) is 0 Å². The molecular weight excluding hydrogens is 134 g/mol. The Hall–Kier alpha value is -1.19. The van der Waals surface area contributed by atoms with Gasteiger partial charge in [0.15, 0.2) is 6.10 Å². The molecule has 4 nitrogen and oxygen atoms in total. The Labute approximate surface area is 58.1 Å². The number of methoxy groups -OCH3 is 1. The molecule has 0 amide bonds. The molecule has 10 heavy (non-hydrogen) atoms. The van der Waals surface area contributed by atoms with Gasteiger partial charge in [-0.05, 0) is 11.2 Å². The SMILES string of the molecule is COC1=NO[C@@H]2C=CO[C@H]12. The van der Waals surface area contributed by atoms with E-state index in [4.69, 9.17) is 14.3 Å². The maximum atomic E-state index is 5.12. The molecule has 2 heterocycles. The van der Waals surface area contributed by atoms with Crippen molar-refractivity contribution in [2.75, 3.05) is 7.11 Å². The lowest BCUT2D eigenvalue weighted by atomic mass is 10.2. The first kappa shape index (κ1) is 5.58. The number of ether oxygens (including phenoxy) is 2. The fourth-order valence-corrected chi connectivity index (χ4v) is 0.993. The number of rotatable bonds is 0. The molecule has 0 fully saturated rings. The van der Waals surface area contributed by atoms with Gasteiger partial charge in [-0.1, -0.05) is 0 Å². The van der Waals surface area contributed by atoms with E-state index in [2.05, 4.69) is 5.16 Å². The summed E-state index contributed by atoms with van der Waals surface area (Å²) < 4.78 is 10.0. The smallest absolute Gasteiger partial charge is 0.271 e. The third-order valence-electron chi connectivity index (χ3n) is 1.51. The van der Waals surface area contributed by atoms with Gasteiger partial charge in [-0.25, -0.2) is 0 Å². The van der Waals surface area contributed by atoms with Gasteiger partial charge in [0.2, 0.25) is 6.10 Å². The summed E-state index contributed by atoms with van der Waals surface area (Å²) in [5.74, 6) is 0.509. The highest BCUT2D eigenvalue weighted by molar-refractivity contribution is 5.83. The molecule has 0 aromatic rings. The zero-order valence-electron chi connectivity index (χ0n) is 5.48. The molecule has 2 aliphatic rings. The Morgan fingerprint density at radius 3 is 3.40 bits per heavy atom. The van der Waals surface area contributed by atoms with Crippen molar-refractivity contribution in [1.29, 1.82) is 0 Å². The van der Waals surface area contributed by atoms with Crippen LogP contribution in [-0.2, 0) is 14.3 Å². The number of nitrogens with zero attached hydrogens (tertiary/aromatic N) is 1. The van der Waals surface area contributed by atoms with Crippen LogP contribution < -0.4 is 0 Å². The number of hydrogen-bond acceptors (Lipinski definition) is 4. The highest BCUT2D eigenvalue weighted by Gasteiger charge is 2.38. The second-order valence-corrected chi connectivity index (χ2v) is 2.09. The number of fused-ring (bicyclic) bond motifs is 1. The molecular formula is C6H7NO3. The zero-order valence-corrected chi connectivity index (χ0v) is 5.48. The van der Waals surface area contributed by atoms with Crippen molar-refractivity contribution < 1.29 is 14.3 Å². The zero-order chi connectivity index (χ0) is 6.97. The van der Waals surface area contributed by atoms with Gasteiger partial charge in [0.1, 0.15) is 0 Å². The fourth-order valence-electron chi connectivity index (χ4n) is 0.993. The summed E-state index contributed by atoms with van der Waals surface area (Å²) in [6.07, 6.45) is 3.18. The van der Waals surface area contributed by atoms with Gasteiger partial charge >= 0.3 is 0 Å². The Morgan fingerprint density at radius 1 is 1.70 bits per heavy atom. The van der Waals surface area contributed by atoms with Gasteiger partial charge in [0, 0.05) is 0 Å². The first-order valence-corrected chi connectivity index (χ1v) is 3.01. The van der Waals surface area contributed by atoms with E-state index in [-0.39, 0.29) is 12.2 Å². The van der Waals surface area contributed by atoms with Crippen LogP contribution in [0.5, 0.6) is 0 Å². The van der Waals surface area contributed by atoms with Gasteiger partial charge in [-0.15, -0.1) is 0 Å². The fraction of sp³-hybridized carbons (Fsp3) is 0.500. The van der Waals surface area contributed by atoms with E-state index in [0.29, 0.717) is 5.90 Å². The summed E-state index contributed by atoms with van der Waals surface area (Å²) in [5, 5.41) is 3.66. The Kier molecular flexibility index (Phi) is 1.06. The van der Waals surface area contributed by atoms with Crippen molar-refractivity contribution in [2.45, 2.75) is 12.2 Å². The summed E-state index contributed by atoms with van der Waals surface area (Å²) in [6, 6.07) is 0. The highest BCUT2D eigenvalue weighted by Crippen LogP contribution is 2.21. The van der Waals surface area contributed by atoms with Gasteiger partial charge < -0.3 is 14.3 Å². The summed E-state index contributed by atoms with van der Waals surface area (Å²) in [7, 11) is 1.55. The Bertz CT molecular complexity index is 199. The third-order valence-corrected chi connectivity index (χ3v) is 1.51. The minimum Gasteiger partial charge on any atom is -0.484 e. The van der Waals surface area contributed by atoms with Crippen LogP contribution in [0.3, 0.4) is 0 Å². The van der Waals surface area contributed by atoms with Gasteiger partial charge in [0.25, 0.3) is 5.90 Å². The predicted molar refractivity (Wildman–Crippen MR) is 33.3 cm³/mol. The first-order chi connectivity index (χ1) is 4.92. The van der Waals surface area contributed by atoms with Gasteiger partial charge in [-0.2, -0.15) is 0 Å². The van der Waals surface area contributed by atoms with E-state index in [0.717, 1.165) is 0 Å². The molecule has 0 aromatic heterocycles. The Balaban J connectivity index is 2.14. The van der Waals surface area contributed by atoms with Crippen LogP contribution in [0.4, 0.5) is 0 Å². The van der Waals surface area contributed by atoms with E-state index in [1.807, 2.05) is 0 Å². The molecule has 0 bridgehead atoms. The average molecular weight is 141 g/mol. The van der Waals surface area contributed by atoms with E-state index < -0.39 is 0 Å². The number of oxime groups is 1. The molecule has 54 valence electrons. The van der Waals surface area contributed by atoms with Crippen molar-refractivity contribution in [3.63, 3.8) is 0 Å². The predicted octanol–water partition coefficient (Wildman–Crippen LogP) is 0.258. The molecule has 2 aliphatic heterocycles. The van der Waals surface area contributed by atoms with Crippen LogP contribution in [-0.4, -0.2) is 25.2 Å². The topological polar surface area (TPSA) is 40.0 Å². The van der Waals surface area contributed by atoms with Crippen LogP contribution in [0.15, 0.2) is 17.5 Å². The molecule has 0 N–H and O–H groups in total. The molecule has 0 saturated carbocycles. The minimum atomic E-state index is -0.148. The molecule has 0 radical (unpaired) electrons. The summed E-state index contributed by atoms with van der Waals surface area (Å²) >= 11 is 0. The van der Waals surface area contributed by atoms with Crippen LogP contribution in [0, 0.1) is 0 Å². The largest absolute Gasteiger partial charge is 0.484 e. The van der Waals surface area contributed by atoms with E-state index in [9.17, 15) is 0 Å². The molecule has 2 atom stereocenters. The second kappa shape index (κ2) is 1.90. The lowest BCUT2D eigenvalue weighted by Crippen LogP contribution is -2.26. The standard InChI is InChI=1S/C6H7NO3/c1-8-6-5-4(10-7-6)2-3-9-5/h2-5H,1H3/t4-,5+/m1/s1. The monoisotopic (exact) mass is 141 g/mol. The first-order valence-electron chi connectivity index (χ1n) is 3.01. The number of hydrogen-bond donors (Lipinski definition) is 0. The molecule has 0 unspecified atom stereocenters. The van der Waals surface area contributed by atoms with Gasteiger partial charge in [-0.3, -0.25) is 0 Å². The van der Waals surface area contributed by atoms with Crippen molar-refractivity contribution in [2.24, 2.45) is 5.16 Å². The third kappa shape index (κ3) is 0.586.